The Morgan fingerprint density at radius 1 is 1.39 bits per heavy atom. The van der Waals surface area contributed by atoms with Crippen LogP contribution in [0.25, 0.3) is 0 Å². The standard InChI is InChI=1S/C20H21NO7/c1-5-13-8-11(2)20(4,28-12(3)22)19(25)26-10-14-6-7-21-16(23)9-15(17(14)21)27-18(13)24/h5-7,15H,2,8-10H2,1,3-4H3/b13-5-/t15-,20+/m0/s1. The summed E-state index contributed by atoms with van der Waals surface area (Å²) < 4.78 is 17.6. The Labute approximate surface area is 161 Å². The van der Waals surface area contributed by atoms with E-state index in [4.69, 9.17) is 14.2 Å². The van der Waals surface area contributed by atoms with E-state index in [1.54, 1.807) is 19.2 Å². The van der Waals surface area contributed by atoms with Crippen LogP contribution >= 0.6 is 0 Å². The van der Waals surface area contributed by atoms with E-state index in [0.717, 1.165) is 0 Å². The van der Waals surface area contributed by atoms with Gasteiger partial charge >= 0.3 is 17.9 Å². The van der Waals surface area contributed by atoms with E-state index < -0.39 is 29.6 Å². The molecule has 0 spiro atoms. The average Bonchev–Trinajstić information content (AvgIpc) is 3.17. The number of hydrogen-bond donors (Lipinski definition) is 0. The molecule has 0 amide bonds. The van der Waals surface area contributed by atoms with Gasteiger partial charge in [-0.2, -0.15) is 0 Å². The van der Waals surface area contributed by atoms with Crippen LogP contribution in [-0.4, -0.2) is 34.0 Å². The van der Waals surface area contributed by atoms with Crippen LogP contribution in [0.3, 0.4) is 0 Å². The molecule has 2 aliphatic heterocycles. The first-order valence-electron chi connectivity index (χ1n) is 8.82. The summed E-state index contributed by atoms with van der Waals surface area (Å²) in [4.78, 5) is 49.2. The number of ether oxygens (including phenoxy) is 3. The van der Waals surface area contributed by atoms with E-state index in [2.05, 4.69) is 6.58 Å². The first-order chi connectivity index (χ1) is 13.2. The fourth-order valence-corrected chi connectivity index (χ4v) is 3.36. The molecule has 0 fully saturated rings. The maximum Gasteiger partial charge on any atom is 0.355 e. The topological polar surface area (TPSA) is 101 Å². The molecular weight excluding hydrogens is 366 g/mol. The summed E-state index contributed by atoms with van der Waals surface area (Å²) in [5.74, 6) is -2.33. The van der Waals surface area contributed by atoms with E-state index in [9.17, 15) is 19.2 Å². The van der Waals surface area contributed by atoms with Crippen LogP contribution in [0.4, 0.5) is 0 Å². The minimum atomic E-state index is -1.77. The Balaban J connectivity index is 2.05. The zero-order chi connectivity index (χ0) is 20.6. The summed E-state index contributed by atoms with van der Waals surface area (Å²) in [6, 6.07) is 1.63. The molecule has 2 atom stereocenters. The molecule has 8 nitrogen and oxygen atoms in total. The summed E-state index contributed by atoms with van der Waals surface area (Å²) in [5.41, 5.74) is -0.336. The second kappa shape index (κ2) is 7.10. The molecule has 0 N–H and O–H groups in total. The number of allylic oxidation sites excluding steroid dienone is 1. The first kappa shape index (κ1) is 19.6. The lowest BCUT2D eigenvalue weighted by Gasteiger charge is -2.30. The predicted molar refractivity (Wildman–Crippen MR) is 96.0 cm³/mol. The summed E-state index contributed by atoms with van der Waals surface area (Å²) in [6.45, 7) is 7.87. The molecule has 0 radical (unpaired) electrons. The Morgan fingerprint density at radius 2 is 2.11 bits per heavy atom. The first-order valence-corrected chi connectivity index (χ1v) is 8.82. The van der Waals surface area contributed by atoms with Crippen molar-refractivity contribution in [2.75, 3.05) is 0 Å². The van der Waals surface area contributed by atoms with Gasteiger partial charge in [0.25, 0.3) is 0 Å². The van der Waals surface area contributed by atoms with Gasteiger partial charge < -0.3 is 14.2 Å². The van der Waals surface area contributed by atoms with Crippen molar-refractivity contribution in [1.29, 1.82) is 0 Å². The Morgan fingerprint density at radius 3 is 2.75 bits per heavy atom. The molecule has 3 rings (SSSR count). The lowest BCUT2D eigenvalue weighted by atomic mass is 9.90. The lowest BCUT2D eigenvalue weighted by Crippen LogP contribution is -2.43. The summed E-state index contributed by atoms with van der Waals surface area (Å²) in [6.07, 6.45) is 2.30. The highest BCUT2D eigenvalue weighted by Gasteiger charge is 2.43. The molecule has 0 saturated carbocycles. The summed E-state index contributed by atoms with van der Waals surface area (Å²) in [5, 5.41) is 0. The number of carbonyl (C=O) groups excluding carboxylic acids is 4. The van der Waals surface area contributed by atoms with Gasteiger partial charge in [-0.15, -0.1) is 0 Å². The van der Waals surface area contributed by atoms with Crippen LogP contribution < -0.4 is 0 Å². The minimum Gasteiger partial charge on any atom is -0.458 e. The van der Waals surface area contributed by atoms with E-state index in [1.807, 2.05) is 0 Å². The van der Waals surface area contributed by atoms with Crippen LogP contribution in [0.2, 0.25) is 0 Å². The third-order valence-electron chi connectivity index (χ3n) is 4.98. The van der Waals surface area contributed by atoms with Crippen LogP contribution in [0, 0.1) is 0 Å². The largest absolute Gasteiger partial charge is 0.458 e. The Hall–Kier alpha value is -3.16. The quantitative estimate of drug-likeness (QED) is 0.316. The fourth-order valence-electron chi connectivity index (χ4n) is 3.36. The van der Waals surface area contributed by atoms with Gasteiger partial charge in [-0.1, -0.05) is 12.7 Å². The van der Waals surface area contributed by atoms with Gasteiger partial charge in [0.15, 0.2) is 6.10 Å². The molecule has 0 bridgehead atoms. The number of esters is 3. The third kappa shape index (κ3) is 3.26. The highest BCUT2D eigenvalue weighted by atomic mass is 16.6. The minimum absolute atomic E-state index is 0.0198. The van der Waals surface area contributed by atoms with Crippen molar-refractivity contribution < 1.29 is 33.4 Å². The number of aromatic nitrogens is 1. The SMILES string of the molecule is C=C1C/C(=C/C)C(=O)O[C@H]2CC(=O)n3ccc(c32)COC(=O)[C@]1(C)OC(C)=O. The number of cyclic esters (lactones) is 1. The van der Waals surface area contributed by atoms with Crippen molar-refractivity contribution in [3.05, 3.63) is 47.3 Å². The average molecular weight is 387 g/mol. The van der Waals surface area contributed by atoms with Gasteiger partial charge in [-0.3, -0.25) is 14.2 Å². The zero-order valence-electron chi connectivity index (χ0n) is 15.9. The molecule has 0 aliphatic carbocycles. The molecule has 1 aromatic heterocycles. The Kier molecular flexibility index (Phi) is 4.97. The van der Waals surface area contributed by atoms with Crippen LogP contribution in [0.5, 0.6) is 0 Å². The monoisotopic (exact) mass is 387 g/mol. The van der Waals surface area contributed by atoms with Gasteiger partial charge in [-0.25, -0.2) is 9.59 Å². The van der Waals surface area contributed by atoms with Crippen molar-refractivity contribution >= 4 is 23.8 Å². The molecule has 3 heterocycles. The second-order valence-electron chi connectivity index (χ2n) is 6.89. The maximum atomic E-state index is 12.8. The normalized spacial score (nSPS) is 26.8. The summed E-state index contributed by atoms with van der Waals surface area (Å²) >= 11 is 0. The Bertz CT molecular complexity index is 923. The van der Waals surface area contributed by atoms with Crippen LogP contribution in [0.1, 0.15) is 55.8 Å². The van der Waals surface area contributed by atoms with Crippen molar-refractivity contribution in [2.24, 2.45) is 0 Å². The smallest absolute Gasteiger partial charge is 0.355 e. The molecule has 1 aromatic rings. The van der Waals surface area contributed by atoms with E-state index >= 15 is 0 Å². The maximum absolute atomic E-state index is 12.8. The van der Waals surface area contributed by atoms with Crippen LogP contribution in [0.15, 0.2) is 36.1 Å². The lowest BCUT2D eigenvalue weighted by molar-refractivity contribution is -0.176. The molecule has 8 heteroatoms. The van der Waals surface area contributed by atoms with Gasteiger partial charge in [0, 0.05) is 30.7 Å². The van der Waals surface area contributed by atoms with E-state index in [-0.39, 0.29) is 36.5 Å². The van der Waals surface area contributed by atoms with Crippen molar-refractivity contribution in [2.45, 2.75) is 51.9 Å². The number of hydrogen-bond acceptors (Lipinski definition) is 7. The molecule has 0 unspecified atom stereocenters. The number of carbonyl (C=O) groups is 4. The molecule has 0 saturated heterocycles. The van der Waals surface area contributed by atoms with Crippen molar-refractivity contribution in [3.63, 3.8) is 0 Å². The van der Waals surface area contributed by atoms with Gasteiger partial charge in [-0.05, 0) is 25.5 Å². The second-order valence-corrected chi connectivity index (χ2v) is 6.89. The highest BCUT2D eigenvalue weighted by molar-refractivity contribution is 5.92. The number of nitrogens with zero attached hydrogens (tertiary/aromatic N) is 1. The van der Waals surface area contributed by atoms with E-state index in [0.29, 0.717) is 11.3 Å². The zero-order valence-corrected chi connectivity index (χ0v) is 15.9. The van der Waals surface area contributed by atoms with Crippen molar-refractivity contribution in [3.8, 4) is 0 Å². The van der Waals surface area contributed by atoms with Gasteiger partial charge in [0.1, 0.15) is 6.61 Å². The highest BCUT2D eigenvalue weighted by Crippen LogP contribution is 2.36. The predicted octanol–water partition coefficient (Wildman–Crippen LogP) is 2.39. The molecule has 28 heavy (non-hydrogen) atoms. The molecule has 148 valence electrons. The van der Waals surface area contributed by atoms with Crippen LogP contribution in [-0.2, 0) is 35.2 Å². The molecule has 0 aromatic carbocycles. The number of rotatable bonds is 1. The molecular formula is C20H21NO7. The van der Waals surface area contributed by atoms with E-state index in [1.165, 1.54) is 24.5 Å². The van der Waals surface area contributed by atoms with Gasteiger partial charge in [0.2, 0.25) is 11.5 Å². The van der Waals surface area contributed by atoms with Gasteiger partial charge in [0.05, 0.1) is 12.1 Å². The summed E-state index contributed by atoms with van der Waals surface area (Å²) in [7, 11) is 0. The fraction of sp³-hybridized carbons (Fsp3) is 0.400. The van der Waals surface area contributed by atoms with Crippen molar-refractivity contribution in [1.82, 2.24) is 4.57 Å². The third-order valence-corrected chi connectivity index (χ3v) is 4.98. The molecule has 2 aliphatic rings.